The van der Waals surface area contributed by atoms with Crippen LogP contribution >= 0.6 is 0 Å². The fourth-order valence-electron chi connectivity index (χ4n) is 2.68. The summed E-state index contributed by atoms with van der Waals surface area (Å²) in [6.07, 6.45) is 1.44. The van der Waals surface area contributed by atoms with E-state index in [0.717, 1.165) is 24.0 Å². The molecule has 0 fully saturated rings. The van der Waals surface area contributed by atoms with Gasteiger partial charge in [-0.05, 0) is 63.8 Å². The summed E-state index contributed by atoms with van der Waals surface area (Å²) in [6.45, 7) is 8.08. The number of carbonyl (C=O) groups excluding carboxylic acids is 1. The lowest BCUT2D eigenvalue weighted by Crippen LogP contribution is -2.43. The first kappa shape index (κ1) is 16.7. The number of carbonyl (C=O) groups is 1. The number of hydrogen-bond acceptors (Lipinski definition) is 3. The highest BCUT2D eigenvalue weighted by Crippen LogP contribution is 2.31. The van der Waals surface area contributed by atoms with E-state index in [-0.39, 0.29) is 17.9 Å². The predicted molar refractivity (Wildman–Crippen MR) is 84.3 cm³/mol. The molecule has 122 valence electrons. The minimum absolute atomic E-state index is 0.0423. The lowest BCUT2D eigenvalue weighted by Gasteiger charge is -2.23. The first-order valence-corrected chi connectivity index (χ1v) is 7.76. The normalized spacial score (nSPS) is 18.7. The summed E-state index contributed by atoms with van der Waals surface area (Å²) in [5, 5.41) is 6.24. The number of amides is 1. The Hall–Kier alpha value is -1.62. The smallest absolute Gasteiger partial charge is 0.407 e. The topological polar surface area (TPSA) is 50.4 Å². The van der Waals surface area contributed by atoms with E-state index in [0.29, 0.717) is 6.54 Å². The lowest BCUT2D eigenvalue weighted by molar-refractivity contribution is 0.0507. The average molecular weight is 308 g/mol. The maximum atomic E-state index is 13.2. The van der Waals surface area contributed by atoms with Crippen molar-refractivity contribution in [2.45, 2.75) is 58.2 Å². The highest BCUT2D eigenvalue weighted by atomic mass is 19.1. The van der Waals surface area contributed by atoms with Crippen molar-refractivity contribution in [2.75, 3.05) is 6.54 Å². The van der Waals surface area contributed by atoms with Crippen molar-refractivity contribution in [3.8, 4) is 0 Å². The van der Waals surface area contributed by atoms with Gasteiger partial charge in [-0.25, -0.2) is 9.18 Å². The van der Waals surface area contributed by atoms with Crippen molar-refractivity contribution < 1.29 is 13.9 Å². The van der Waals surface area contributed by atoms with E-state index in [1.165, 1.54) is 6.07 Å². The minimum atomic E-state index is -0.494. The van der Waals surface area contributed by atoms with Gasteiger partial charge < -0.3 is 15.4 Å². The van der Waals surface area contributed by atoms with Gasteiger partial charge in [0.05, 0.1) is 0 Å². The van der Waals surface area contributed by atoms with Crippen LogP contribution in [0.3, 0.4) is 0 Å². The second-order valence-electron chi connectivity index (χ2n) is 6.89. The molecule has 2 atom stereocenters. The summed E-state index contributed by atoms with van der Waals surface area (Å²) in [5.74, 6) is -0.181. The fraction of sp³-hybridized carbons (Fsp3) is 0.588. The maximum absolute atomic E-state index is 13.2. The molecule has 22 heavy (non-hydrogen) atoms. The summed E-state index contributed by atoms with van der Waals surface area (Å²) in [4.78, 5) is 11.7. The van der Waals surface area contributed by atoms with Gasteiger partial charge in [-0.15, -0.1) is 0 Å². The van der Waals surface area contributed by atoms with E-state index in [1.54, 1.807) is 6.07 Å². The molecule has 5 heteroatoms. The Balaban J connectivity index is 1.81. The SMILES string of the molecule is CC(CNC1CCc2cc(F)ccc21)NC(=O)OC(C)(C)C. The molecule has 0 heterocycles. The number of halogens is 1. The monoisotopic (exact) mass is 308 g/mol. The molecule has 0 aliphatic heterocycles. The van der Waals surface area contributed by atoms with Crippen LogP contribution in [0, 0.1) is 5.82 Å². The van der Waals surface area contributed by atoms with Crippen molar-refractivity contribution in [1.29, 1.82) is 0 Å². The molecule has 0 bridgehead atoms. The standard InChI is InChI=1S/C17H25FN2O2/c1-11(20-16(21)22-17(2,3)4)10-19-15-8-5-12-9-13(18)6-7-14(12)15/h6-7,9,11,15,19H,5,8,10H2,1-4H3,(H,20,21). The van der Waals surface area contributed by atoms with Crippen LogP contribution in [0.5, 0.6) is 0 Å². The molecule has 0 aromatic heterocycles. The van der Waals surface area contributed by atoms with Gasteiger partial charge in [0.1, 0.15) is 11.4 Å². The van der Waals surface area contributed by atoms with Gasteiger partial charge in [-0.2, -0.15) is 0 Å². The summed E-state index contributed by atoms with van der Waals surface area (Å²) in [6, 6.07) is 5.14. The Morgan fingerprint density at radius 3 is 2.86 bits per heavy atom. The molecule has 1 aromatic rings. The number of hydrogen-bond donors (Lipinski definition) is 2. The first-order chi connectivity index (χ1) is 10.2. The van der Waals surface area contributed by atoms with E-state index >= 15 is 0 Å². The Morgan fingerprint density at radius 1 is 1.45 bits per heavy atom. The van der Waals surface area contributed by atoms with Crippen molar-refractivity contribution in [1.82, 2.24) is 10.6 Å². The number of rotatable bonds is 4. The number of alkyl carbamates (subject to hydrolysis) is 1. The number of benzene rings is 1. The zero-order valence-electron chi connectivity index (χ0n) is 13.7. The summed E-state index contributed by atoms with van der Waals surface area (Å²) >= 11 is 0. The predicted octanol–water partition coefficient (Wildman–Crippen LogP) is 3.32. The summed E-state index contributed by atoms with van der Waals surface area (Å²) in [5.41, 5.74) is 1.74. The molecule has 0 radical (unpaired) electrons. The molecule has 1 amide bonds. The van der Waals surface area contributed by atoms with E-state index in [9.17, 15) is 9.18 Å². The van der Waals surface area contributed by atoms with Crippen LogP contribution in [0.25, 0.3) is 0 Å². The molecule has 2 rings (SSSR count). The van der Waals surface area contributed by atoms with Crippen molar-refractivity contribution >= 4 is 6.09 Å². The van der Waals surface area contributed by atoms with E-state index in [4.69, 9.17) is 4.74 Å². The summed E-state index contributed by atoms with van der Waals surface area (Å²) < 4.78 is 18.4. The molecule has 4 nitrogen and oxygen atoms in total. The number of nitrogens with one attached hydrogen (secondary N) is 2. The Morgan fingerprint density at radius 2 is 2.18 bits per heavy atom. The van der Waals surface area contributed by atoms with Crippen molar-refractivity contribution in [3.63, 3.8) is 0 Å². The highest BCUT2D eigenvalue weighted by molar-refractivity contribution is 5.68. The van der Waals surface area contributed by atoms with Gasteiger partial charge in [0.2, 0.25) is 0 Å². The number of fused-ring (bicyclic) bond motifs is 1. The highest BCUT2D eigenvalue weighted by Gasteiger charge is 2.23. The van der Waals surface area contributed by atoms with Crippen LogP contribution in [0.4, 0.5) is 9.18 Å². The third-order valence-corrected chi connectivity index (χ3v) is 3.62. The van der Waals surface area contributed by atoms with Crippen molar-refractivity contribution in [2.24, 2.45) is 0 Å². The molecule has 1 aromatic carbocycles. The molecule has 0 saturated carbocycles. The first-order valence-electron chi connectivity index (χ1n) is 7.76. The van der Waals surface area contributed by atoms with Gasteiger partial charge in [0, 0.05) is 18.6 Å². The third-order valence-electron chi connectivity index (χ3n) is 3.62. The van der Waals surface area contributed by atoms with Gasteiger partial charge in [0.15, 0.2) is 0 Å². The third kappa shape index (κ3) is 4.70. The Kier molecular flexibility index (Phi) is 5.06. The molecule has 2 N–H and O–H groups in total. The maximum Gasteiger partial charge on any atom is 0.407 e. The molecule has 0 saturated heterocycles. The number of ether oxygens (including phenoxy) is 1. The van der Waals surface area contributed by atoms with Crippen LogP contribution < -0.4 is 10.6 Å². The Labute approximate surface area is 131 Å². The molecule has 2 unspecified atom stereocenters. The zero-order chi connectivity index (χ0) is 16.3. The lowest BCUT2D eigenvalue weighted by atomic mass is 10.1. The van der Waals surface area contributed by atoms with Crippen LogP contribution in [0.15, 0.2) is 18.2 Å². The zero-order valence-corrected chi connectivity index (χ0v) is 13.7. The Bertz CT molecular complexity index is 540. The van der Waals surface area contributed by atoms with Gasteiger partial charge >= 0.3 is 6.09 Å². The average Bonchev–Trinajstić information content (AvgIpc) is 2.76. The van der Waals surface area contributed by atoms with E-state index in [2.05, 4.69) is 10.6 Å². The quantitative estimate of drug-likeness (QED) is 0.897. The summed E-state index contributed by atoms with van der Waals surface area (Å²) in [7, 11) is 0. The molecule has 1 aliphatic rings. The van der Waals surface area contributed by atoms with Crippen LogP contribution in [0.1, 0.15) is 51.3 Å². The van der Waals surface area contributed by atoms with Crippen LogP contribution in [0.2, 0.25) is 0 Å². The minimum Gasteiger partial charge on any atom is -0.444 e. The molecule has 0 spiro atoms. The second-order valence-corrected chi connectivity index (χ2v) is 6.89. The van der Waals surface area contributed by atoms with Crippen molar-refractivity contribution in [3.05, 3.63) is 35.1 Å². The van der Waals surface area contributed by atoms with Gasteiger partial charge in [-0.3, -0.25) is 0 Å². The number of aryl methyl sites for hydroxylation is 1. The van der Waals surface area contributed by atoms with Gasteiger partial charge in [-0.1, -0.05) is 6.07 Å². The molecular weight excluding hydrogens is 283 g/mol. The van der Waals surface area contributed by atoms with E-state index in [1.807, 2.05) is 33.8 Å². The molecular formula is C17H25FN2O2. The fourth-order valence-corrected chi connectivity index (χ4v) is 2.68. The second kappa shape index (κ2) is 6.65. The van der Waals surface area contributed by atoms with Gasteiger partial charge in [0.25, 0.3) is 0 Å². The van der Waals surface area contributed by atoms with Crippen LogP contribution in [-0.2, 0) is 11.2 Å². The largest absolute Gasteiger partial charge is 0.444 e. The molecule has 1 aliphatic carbocycles. The van der Waals surface area contributed by atoms with Crippen LogP contribution in [-0.4, -0.2) is 24.3 Å². The van der Waals surface area contributed by atoms with E-state index < -0.39 is 11.7 Å².